The fraction of sp³-hybridized carbons (Fsp3) is 0.636. The number of alkyl halides is 28. The molecule has 1 N–H and O–H groups in total. The van der Waals surface area contributed by atoms with Crippen LogP contribution in [0.5, 0.6) is 0 Å². The number of methoxy groups -OCH3 is 2. The summed E-state index contributed by atoms with van der Waals surface area (Å²) in [5.41, 5.74) is 0. The summed E-state index contributed by atoms with van der Waals surface area (Å²) in [6.45, 7) is 10.6. The summed E-state index contributed by atoms with van der Waals surface area (Å²) in [6, 6.07) is 0. The van der Waals surface area contributed by atoms with Gasteiger partial charge in [-0.05, 0) is 0 Å². The average Bonchev–Trinajstić information content (AvgIpc) is 3.17. The van der Waals surface area contributed by atoms with Crippen LogP contribution in [0.15, 0.2) is 75.7 Å². The van der Waals surface area contributed by atoms with Gasteiger partial charge in [0.05, 0.1) is 19.8 Å². The topological polar surface area (TPSA) is 75.6 Å². The van der Waals surface area contributed by atoms with Gasteiger partial charge >= 0.3 is 78.6 Å². The zero-order valence-electron chi connectivity index (χ0n) is 35.0. The fourth-order valence-corrected chi connectivity index (χ4v) is 2.32. The van der Waals surface area contributed by atoms with Crippen LogP contribution in [0.2, 0.25) is 0 Å². The van der Waals surface area contributed by atoms with Crippen LogP contribution in [0, 0.1) is 0 Å². The van der Waals surface area contributed by atoms with Gasteiger partial charge < -0.3 is 19.3 Å². The smallest absolute Gasteiger partial charge is 0.390 e. The van der Waals surface area contributed by atoms with E-state index in [1.54, 1.807) is 6.58 Å². The van der Waals surface area contributed by atoms with Crippen molar-refractivity contribution in [2.24, 2.45) is 0 Å². The van der Waals surface area contributed by atoms with Crippen molar-refractivity contribution in [3.63, 3.8) is 0 Å². The Hall–Kier alpha value is -4.01. The van der Waals surface area contributed by atoms with Crippen molar-refractivity contribution < 1.29 is 170 Å². The third kappa shape index (κ3) is 28.1. The first-order chi connectivity index (χ1) is 31.0. The van der Waals surface area contributed by atoms with Gasteiger partial charge in [-0.15, -0.1) is 13.2 Å². The molecule has 426 valence electrons. The second-order valence-electron chi connectivity index (χ2n) is 11.3. The van der Waals surface area contributed by atoms with E-state index in [2.05, 4.69) is 58.4 Å². The molecule has 0 aliphatic rings. The second kappa shape index (κ2) is 29.6. The van der Waals surface area contributed by atoms with Crippen molar-refractivity contribution in [3.8, 4) is 0 Å². The summed E-state index contributed by atoms with van der Waals surface area (Å²) in [6.07, 6.45) is -48.0. The molecule has 0 saturated carbocycles. The quantitative estimate of drug-likeness (QED) is 0.0739. The number of ether oxygens (including phenoxy) is 6. The summed E-state index contributed by atoms with van der Waals surface area (Å²) in [7, 11) is 2.27. The van der Waals surface area contributed by atoms with Crippen molar-refractivity contribution in [3.05, 3.63) is 75.7 Å². The molecular formula is C33H35F31O7. The van der Waals surface area contributed by atoms with Gasteiger partial charge in [0.15, 0.2) is 17.5 Å². The Morgan fingerprint density at radius 2 is 0.789 bits per heavy atom. The van der Waals surface area contributed by atoms with Crippen LogP contribution in [0.1, 0.15) is 6.42 Å². The van der Waals surface area contributed by atoms with E-state index in [-0.39, 0.29) is 18.8 Å². The fourth-order valence-electron chi connectivity index (χ4n) is 2.32. The molecule has 0 aliphatic heterocycles. The van der Waals surface area contributed by atoms with E-state index in [1.165, 1.54) is 7.11 Å². The first-order valence-corrected chi connectivity index (χ1v) is 16.4. The van der Waals surface area contributed by atoms with E-state index >= 15 is 0 Å². The van der Waals surface area contributed by atoms with E-state index in [0.717, 1.165) is 7.11 Å². The Bertz CT molecular complexity index is 1570. The molecule has 0 fully saturated rings. The molecule has 0 aromatic heterocycles. The minimum atomic E-state index is -7.29. The molecule has 38 heteroatoms. The van der Waals surface area contributed by atoms with Gasteiger partial charge in [0.25, 0.3) is 0 Å². The molecule has 0 radical (unpaired) electrons. The van der Waals surface area contributed by atoms with Crippen LogP contribution in [-0.4, -0.2) is 131 Å². The highest BCUT2D eigenvalue weighted by Crippen LogP contribution is 2.53. The van der Waals surface area contributed by atoms with Crippen LogP contribution in [0.4, 0.5) is 136 Å². The second-order valence-corrected chi connectivity index (χ2v) is 11.3. The summed E-state index contributed by atoms with van der Waals surface area (Å²) in [4.78, 5) is 0. The first kappa shape index (κ1) is 78.4. The molecule has 0 spiro atoms. The van der Waals surface area contributed by atoms with Gasteiger partial charge in [0.1, 0.15) is 13.2 Å². The molecule has 3 atom stereocenters. The summed E-state index contributed by atoms with van der Waals surface area (Å²) >= 11 is 0. The molecule has 0 amide bonds. The predicted octanol–water partition coefficient (Wildman–Crippen LogP) is 14.2. The van der Waals surface area contributed by atoms with Gasteiger partial charge in [-0.2, -0.15) is 123 Å². The van der Waals surface area contributed by atoms with Crippen LogP contribution < -0.4 is 0 Å². The van der Waals surface area contributed by atoms with E-state index < -0.39 is 129 Å². The molecule has 0 heterocycles. The Morgan fingerprint density at radius 3 is 1.03 bits per heavy atom. The van der Waals surface area contributed by atoms with E-state index in [4.69, 9.17) is 5.11 Å². The Morgan fingerprint density at radius 1 is 0.465 bits per heavy atom. The van der Waals surface area contributed by atoms with Gasteiger partial charge in [-0.3, -0.25) is 14.2 Å². The molecule has 0 rings (SSSR count). The summed E-state index contributed by atoms with van der Waals surface area (Å²) in [5, 5.41) is 8.05. The minimum Gasteiger partial charge on any atom is -0.390 e. The van der Waals surface area contributed by atoms with E-state index in [0.29, 0.717) is 0 Å². The van der Waals surface area contributed by atoms with Gasteiger partial charge in [-0.1, -0.05) is 32.9 Å². The number of aliphatic hydroxyl groups is 1. The maximum atomic E-state index is 13.5. The van der Waals surface area contributed by atoms with Crippen molar-refractivity contribution >= 4 is 0 Å². The molecule has 0 bridgehead atoms. The maximum absolute atomic E-state index is 13.5. The average molecular weight is 1130 g/mol. The molecule has 0 aliphatic carbocycles. The molecule has 71 heavy (non-hydrogen) atoms. The number of aliphatic hydroxyl groups excluding tert-OH is 1. The lowest BCUT2D eigenvalue weighted by Gasteiger charge is -2.38. The molecular weight excluding hydrogens is 1100 g/mol. The van der Waals surface area contributed by atoms with Crippen molar-refractivity contribution in [2.45, 2.75) is 85.0 Å². The van der Waals surface area contributed by atoms with Crippen LogP contribution in [-0.2, 0) is 28.4 Å². The van der Waals surface area contributed by atoms with Crippen LogP contribution in [0.25, 0.3) is 0 Å². The summed E-state index contributed by atoms with van der Waals surface area (Å²) in [5.74, 6) is -35.5. The molecule has 0 saturated heterocycles. The van der Waals surface area contributed by atoms with E-state index in [1.807, 2.05) is 9.47 Å². The molecule has 0 aromatic carbocycles. The monoisotopic (exact) mass is 1130 g/mol. The third-order valence-corrected chi connectivity index (χ3v) is 5.87. The normalized spacial score (nSPS) is 15.5. The zero-order valence-corrected chi connectivity index (χ0v) is 35.0. The zero-order chi connectivity index (χ0) is 59.1. The lowest BCUT2D eigenvalue weighted by Crippen LogP contribution is -2.64. The molecule has 3 unspecified atom stereocenters. The summed E-state index contributed by atoms with van der Waals surface area (Å²) < 4.78 is 397. The Kier molecular flexibility index (Phi) is 32.7. The lowest BCUT2D eigenvalue weighted by atomic mass is 10.1. The van der Waals surface area contributed by atoms with Crippen molar-refractivity contribution in [2.75, 3.05) is 47.3 Å². The highest BCUT2D eigenvalue weighted by molar-refractivity contribution is 5.05. The van der Waals surface area contributed by atoms with Crippen molar-refractivity contribution in [1.29, 1.82) is 0 Å². The number of halogens is 31. The Balaban J connectivity index is -0.000000202. The van der Waals surface area contributed by atoms with Crippen molar-refractivity contribution in [1.82, 2.24) is 0 Å². The van der Waals surface area contributed by atoms with Gasteiger partial charge in [0.2, 0.25) is 0 Å². The van der Waals surface area contributed by atoms with Crippen LogP contribution >= 0.6 is 0 Å². The minimum absolute atomic E-state index is 0.0625. The number of rotatable bonds is 20. The van der Waals surface area contributed by atoms with Gasteiger partial charge in [0, 0.05) is 32.8 Å². The third-order valence-electron chi connectivity index (χ3n) is 5.87. The predicted molar refractivity (Wildman–Crippen MR) is 178 cm³/mol. The Labute approximate surface area is 378 Å². The van der Waals surface area contributed by atoms with Crippen LogP contribution in [0.3, 0.4) is 0 Å². The number of hydrogen-bond acceptors (Lipinski definition) is 7. The highest BCUT2D eigenvalue weighted by atomic mass is 19.4. The largest absolute Gasteiger partial charge is 0.458 e. The first-order valence-electron chi connectivity index (χ1n) is 16.4. The van der Waals surface area contributed by atoms with Gasteiger partial charge in [-0.25, -0.2) is 13.2 Å². The molecule has 7 nitrogen and oxygen atoms in total. The number of hydrogen-bond donors (Lipinski definition) is 1. The molecule has 0 aromatic rings. The standard InChI is InChI=1S/C9H5F13O3.C9H11F7O3.C7H9F5O.2C3H3F3.C2H4/c1-3(10)5(12,13)25-6(14,8(18,19)20)9(21,22)24-4(11,2-23)7(15,16)17;1-6(10)8(12,13)19-7(11,9(14,15)16)5-18-4-3-17-2;1-5(8)7(11,12)6(9,10)3-4-13-2;2*1-2-3(4,5)6;1-2/h23H,1-2H2;1,3-5H2,2H3;1,3-4H2,2H3;2*2H,1H2;1-2H2. The highest BCUT2D eigenvalue weighted by Gasteiger charge is 2.80. The van der Waals surface area contributed by atoms with E-state index in [9.17, 15) is 136 Å². The maximum Gasteiger partial charge on any atom is 0.458 e. The lowest BCUT2D eigenvalue weighted by molar-refractivity contribution is -0.528. The number of allylic oxidation sites excluding steroid dienone is 3. The SMILES string of the molecule is C=C.C=C(F)C(F)(F)C(F)(F)CCOC.C=C(F)C(F)(F)OC(F)(C(F)(F)F)C(F)(F)OC(F)(CO)C(F)(F)F.C=C(F)C(F)(F)OC(F)(COCCOC)C(F)(F)F.C=CC(F)(F)F.C=CC(F)(F)F.